The molecular formula is C36H56O11. The topological polar surface area (TPSA) is 194 Å². The van der Waals surface area contributed by atoms with Crippen LogP contribution in [-0.2, 0) is 19.1 Å². The van der Waals surface area contributed by atoms with Crippen molar-refractivity contribution in [2.45, 2.75) is 135 Å². The molecule has 11 nitrogen and oxygen atoms in total. The van der Waals surface area contributed by atoms with Crippen LogP contribution in [0.1, 0.15) is 92.4 Å². The summed E-state index contributed by atoms with van der Waals surface area (Å²) in [5, 5.41) is 74.9. The third-order valence-corrected chi connectivity index (χ3v) is 15.5. The zero-order valence-corrected chi connectivity index (χ0v) is 28.5. The van der Waals surface area contributed by atoms with E-state index in [4.69, 9.17) is 9.47 Å². The Balaban J connectivity index is 1.39. The Hall–Kier alpha value is -1.44. The average Bonchev–Trinajstić information content (AvgIpc) is 3.03. The molecule has 1 aliphatic heterocycles. The first kappa shape index (κ1) is 35.4. The Morgan fingerprint density at radius 3 is 2.28 bits per heavy atom. The number of fused-ring (bicyclic) bond motifs is 7. The third kappa shape index (κ3) is 4.52. The smallest absolute Gasteiger partial charge is 0.315 e. The van der Waals surface area contributed by atoms with E-state index in [1.807, 2.05) is 6.92 Å². The molecule has 0 aromatic heterocycles. The largest absolute Gasteiger partial charge is 0.432 e. The number of hydrogen-bond acceptors (Lipinski definition) is 11. The summed E-state index contributed by atoms with van der Waals surface area (Å²) >= 11 is 0. The van der Waals surface area contributed by atoms with E-state index in [0.29, 0.717) is 44.9 Å². The van der Waals surface area contributed by atoms with Crippen LogP contribution in [-0.4, -0.2) is 104 Å². The highest BCUT2D eigenvalue weighted by Gasteiger charge is 2.72. The van der Waals surface area contributed by atoms with Crippen molar-refractivity contribution in [3.8, 4) is 0 Å². The maximum Gasteiger partial charge on any atom is 0.315 e. The molecule has 7 N–H and O–H groups in total. The third-order valence-electron chi connectivity index (χ3n) is 15.5. The van der Waals surface area contributed by atoms with Gasteiger partial charge in [-0.3, -0.25) is 4.79 Å². The fourth-order valence-electron chi connectivity index (χ4n) is 12.2. The highest BCUT2D eigenvalue weighted by Crippen LogP contribution is 2.76. The van der Waals surface area contributed by atoms with Crippen LogP contribution in [0.4, 0.5) is 0 Å². The Morgan fingerprint density at radius 1 is 0.936 bits per heavy atom. The fourth-order valence-corrected chi connectivity index (χ4v) is 12.2. The van der Waals surface area contributed by atoms with E-state index in [-0.39, 0.29) is 35.2 Å². The molecule has 5 aliphatic carbocycles. The Morgan fingerprint density at radius 2 is 1.64 bits per heavy atom. The molecular weight excluding hydrogens is 608 g/mol. The second-order valence-electron chi connectivity index (χ2n) is 17.1. The van der Waals surface area contributed by atoms with Crippen molar-refractivity contribution in [1.29, 1.82) is 0 Å². The summed E-state index contributed by atoms with van der Waals surface area (Å²) in [4.78, 5) is 27.0. The van der Waals surface area contributed by atoms with Gasteiger partial charge in [-0.15, -0.1) is 0 Å². The number of aldehydes is 1. The molecule has 11 heteroatoms. The molecule has 1 heterocycles. The lowest BCUT2D eigenvalue weighted by Gasteiger charge is -2.71. The molecule has 0 aromatic rings. The lowest BCUT2D eigenvalue weighted by molar-refractivity contribution is -0.299. The molecule has 0 amide bonds. The van der Waals surface area contributed by atoms with Crippen molar-refractivity contribution < 1.29 is 54.8 Å². The van der Waals surface area contributed by atoms with E-state index >= 15 is 0 Å². The Kier molecular flexibility index (Phi) is 8.70. The van der Waals surface area contributed by atoms with Crippen molar-refractivity contribution in [1.82, 2.24) is 0 Å². The van der Waals surface area contributed by atoms with Gasteiger partial charge in [-0.1, -0.05) is 39.3 Å². The molecule has 0 spiro atoms. The minimum absolute atomic E-state index is 0.125. The second kappa shape index (κ2) is 11.5. The summed E-state index contributed by atoms with van der Waals surface area (Å²) in [6.45, 7) is 9.58. The first-order valence-corrected chi connectivity index (χ1v) is 17.6. The molecule has 5 fully saturated rings. The molecule has 0 aromatic carbocycles. The number of rotatable bonds is 5. The number of allylic oxidation sites excluding steroid dienone is 1. The maximum atomic E-state index is 14.5. The summed E-state index contributed by atoms with van der Waals surface area (Å²) in [5.74, 6) is -1.39. The van der Waals surface area contributed by atoms with Gasteiger partial charge in [0.05, 0.1) is 35.7 Å². The molecule has 1 saturated heterocycles. The van der Waals surface area contributed by atoms with E-state index < -0.39 is 77.1 Å². The predicted octanol–water partition coefficient (Wildman–Crippen LogP) is 1.61. The van der Waals surface area contributed by atoms with Gasteiger partial charge in [0.25, 0.3) is 0 Å². The Bertz CT molecular complexity index is 1280. The van der Waals surface area contributed by atoms with Gasteiger partial charge in [0.1, 0.15) is 30.7 Å². The minimum Gasteiger partial charge on any atom is -0.432 e. The predicted molar refractivity (Wildman–Crippen MR) is 168 cm³/mol. The van der Waals surface area contributed by atoms with Gasteiger partial charge in [-0.25, -0.2) is 0 Å². The number of esters is 1. The number of aliphatic hydroxyl groups excluding tert-OH is 6. The van der Waals surface area contributed by atoms with Gasteiger partial charge in [0.2, 0.25) is 6.29 Å². The van der Waals surface area contributed by atoms with Crippen LogP contribution >= 0.6 is 0 Å². The SMILES string of the molecule is C[C@@H]1CC[C@]2(C(=O)O[C@@H]3O[C@H](CO)[C@@H](O)[C@H](O)[C@H]3O)CC[C@]3(C)C(=CC[C@@H]4[C@@]5(C)CC[C@H](O)[C@](C=O)(CO)[C@@H]5CC[C@]43C)[C@@H]2[C@]1(C)O. The molecule has 0 bridgehead atoms. The van der Waals surface area contributed by atoms with E-state index in [0.717, 1.165) is 24.7 Å². The van der Waals surface area contributed by atoms with E-state index in [9.17, 15) is 45.3 Å². The number of hydrogen-bond donors (Lipinski definition) is 7. The zero-order valence-electron chi connectivity index (χ0n) is 28.5. The molecule has 0 radical (unpaired) electrons. The lowest BCUT2D eigenvalue weighted by atomic mass is 9.33. The van der Waals surface area contributed by atoms with Crippen molar-refractivity contribution >= 4 is 12.3 Å². The average molecular weight is 665 g/mol. The van der Waals surface area contributed by atoms with E-state index in [1.54, 1.807) is 6.92 Å². The number of carbonyl (C=O) groups is 2. The zero-order chi connectivity index (χ0) is 34.5. The molecule has 6 rings (SSSR count). The van der Waals surface area contributed by atoms with Crippen molar-refractivity contribution in [2.24, 2.45) is 50.7 Å². The highest BCUT2D eigenvalue weighted by molar-refractivity contribution is 5.79. The highest BCUT2D eigenvalue weighted by atomic mass is 16.7. The van der Waals surface area contributed by atoms with Crippen molar-refractivity contribution in [3.63, 3.8) is 0 Å². The quantitative estimate of drug-likeness (QED) is 0.128. The van der Waals surface area contributed by atoms with Crippen LogP contribution in [0.15, 0.2) is 11.6 Å². The summed E-state index contributed by atoms with van der Waals surface area (Å²) < 4.78 is 11.4. The molecule has 266 valence electrons. The minimum atomic E-state index is -1.72. The fraction of sp³-hybridized carbons (Fsp3) is 0.889. The standard InChI is InChI=1S/C36H56O11/c1-19-8-13-35(30(44)47-29-27(43)26(42)25(41)21(16-37)46-29)15-14-32(3)20(28(35)34(19,5)45)6-7-22-31(2)11-10-24(40)36(17-38,18-39)23(31)9-12-33(22,32)4/h6,17,19,21-29,37,39-43,45H,7-16,18H2,1-5H3/t19-,21-,22-,23-,24+,25-,26+,27-,28-,29+,31-,32-,33-,34-,35+,36-/m1/s1. The molecule has 16 atom stereocenters. The van der Waals surface area contributed by atoms with Gasteiger partial charge >= 0.3 is 5.97 Å². The van der Waals surface area contributed by atoms with Gasteiger partial charge in [0, 0.05) is 5.92 Å². The first-order chi connectivity index (χ1) is 21.9. The molecule has 0 unspecified atom stereocenters. The molecule has 6 aliphatic rings. The maximum absolute atomic E-state index is 14.5. The van der Waals surface area contributed by atoms with E-state index in [1.165, 1.54) is 0 Å². The van der Waals surface area contributed by atoms with Gasteiger partial charge < -0.3 is 50.0 Å². The summed E-state index contributed by atoms with van der Waals surface area (Å²) in [6, 6.07) is 0. The summed E-state index contributed by atoms with van der Waals surface area (Å²) in [5.41, 5.74) is -3.57. The number of aliphatic hydroxyl groups is 7. The van der Waals surface area contributed by atoms with Gasteiger partial charge in [-0.2, -0.15) is 0 Å². The normalized spacial score (nSPS) is 55.8. The lowest BCUT2D eigenvalue weighted by Crippen LogP contribution is -2.69. The van der Waals surface area contributed by atoms with Crippen molar-refractivity contribution in [3.05, 3.63) is 11.6 Å². The monoisotopic (exact) mass is 664 g/mol. The summed E-state index contributed by atoms with van der Waals surface area (Å²) in [6.07, 6.45) is -0.313. The Labute approximate surface area is 277 Å². The van der Waals surface area contributed by atoms with Crippen LogP contribution in [0.5, 0.6) is 0 Å². The van der Waals surface area contributed by atoms with Crippen LogP contribution in [0, 0.1) is 50.7 Å². The summed E-state index contributed by atoms with van der Waals surface area (Å²) in [7, 11) is 0. The van der Waals surface area contributed by atoms with Crippen molar-refractivity contribution in [2.75, 3.05) is 13.2 Å². The van der Waals surface area contributed by atoms with Crippen LogP contribution in [0.25, 0.3) is 0 Å². The van der Waals surface area contributed by atoms with Gasteiger partial charge in [0.15, 0.2) is 0 Å². The first-order valence-electron chi connectivity index (χ1n) is 17.6. The molecule has 47 heavy (non-hydrogen) atoms. The van der Waals surface area contributed by atoms with E-state index in [2.05, 4.69) is 26.8 Å². The number of ether oxygens (including phenoxy) is 2. The van der Waals surface area contributed by atoms with Crippen LogP contribution in [0.2, 0.25) is 0 Å². The second-order valence-corrected chi connectivity index (χ2v) is 17.1. The number of carbonyl (C=O) groups excluding carboxylic acids is 2. The van der Waals surface area contributed by atoms with Gasteiger partial charge in [-0.05, 0) is 98.7 Å². The van der Waals surface area contributed by atoms with Crippen LogP contribution < -0.4 is 0 Å². The molecule has 4 saturated carbocycles. The van der Waals surface area contributed by atoms with Crippen LogP contribution in [0.3, 0.4) is 0 Å².